The Hall–Kier alpha value is -8.28. The third kappa shape index (κ3) is 21.5. The van der Waals surface area contributed by atoms with Gasteiger partial charge in [-0.2, -0.15) is 19.9 Å². The second-order valence-electron chi connectivity index (χ2n) is 28.1. The van der Waals surface area contributed by atoms with Gasteiger partial charge in [-0.05, 0) is 153 Å². The van der Waals surface area contributed by atoms with Crippen LogP contribution in [0, 0.1) is 27.7 Å². The highest BCUT2D eigenvalue weighted by Crippen LogP contribution is 2.30. The highest BCUT2D eigenvalue weighted by atomic mass is 16.5. The van der Waals surface area contributed by atoms with E-state index in [0.29, 0.717) is 95.0 Å². The molecule has 6 aliphatic rings. The van der Waals surface area contributed by atoms with Crippen molar-refractivity contribution in [2.24, 2.45) is 0 Å². The minimum absolute atomic E-state index is 0. The van der Waals surface area contributed by atoms with Gasteiger partial charge in [-0.3, -0.25) is 49.3 Å². The van der Waals surface area contributed by atoms with Gasteiger partial charge < -0.3 is 47.2 Å². The molecule has 28 nitrogen and oxygen atoms in total. The fraction of sp³-hybridized carbons (Fsp3) is 0.632. The molecule has 0 amide bonds. The highest BCUT2D eigenvalue weighted by molar-refractivity contribution is 5.55. The molecule has 14 rings (SSSR count). The molecular formula is C76H122N22O6. The predicted molar refractivity (Wildman–Crippen MR) is 414 cm³/mol. The minimum atomic E-state index is 0. The minimum Gasteiger partial charge on any atom is -0.496 e. The topological polar surface area (TPSA) is 258 Å². The highest BCUT2D eigenvalue weighted by Gasteiger charge is 2.33. The van der Waals surface area contributed by atoms with E-state index in [1.54, 1.807) is 32.8 Å². The molecule has 8 aromatic heterocycles. The lowest BCUT2D eigenvalue weighted by molar-refractivity contribution is 0.0691. The van der Waals surface area contributed by atoms with Crippen molar-refractivity contribution in [3.05, 3.63) is 83.4 Å². The molecule has 14 heterocycles. The van der Waals surface area contributed by atoms with Crippen molar-refractivity contribution in [1.82, 2.24) is 89.9 Å². The fourth-order valence-corrected chi connectivity index (χ4v) is 13.6. The molecule has 0 aromatic carbocycles. The second-order valence-corrected chi connectivity index (χ2v) is 28.1. The fourth-order valence-electron chi connectivity index (χ4n) is 13.6. The van der Waals surface area contributed by atoms with Crippen LogP contribution in [0.3, 0.4) is 0 Å². The number of ether oxygens (including phenoxy) is 2. The Morgan fingerprint density at radius 2 is 0.596 bits per heavy atom. The predicted octanol–water partition coefficient (Wildman–Crippen LogP) is 11.4. The number of piperazine rings is 4. The van der Waals surface area contributed by atoms with Crippen LogP contribution in [0.25, 0.3) is 46.3 Å². The largest absolute Gasteiger partial charge is 0.496 e. The third-order valence-electron chi connectivity index (χ3n) is 20.2. The Kier molecular flexibility index (Phi) is 31.3. The normalized spacial score (nSPS) is 17.8. The van der Waals surface area contributed by atoms with Gasteiger partial charge in [-0.15, -0.1) is 0 Å². The zero-order valence-corrected chi connectivity index (χ0v) is 61.5. The van der Waals surface area contributed by atoms with Gasteiger partial charge in [0.25, 0.3) is 47.4 Å². The summed E-state index contributed by atoms with van der Waals surface area (Å²) >= 11 is 0. The Morgan fingerprint density at radius 3 is 0.856 bits per heavy atom. The van der Waals surface area contributed by atoms with E-state index in [1.165, 1.54) is 52.4 Å². The Labute approximate surface area is 619 Å². The maximum Gasteiger partial charge on any atom is 0.278 e. The molecule has 572 valence electrons. The van der Waals surface area contributed by atoms with E-state index < -0.39 is 0 Å². The van der Waals surface area contributed by atoms with Crippen LogP contribution in [0.15, 0.2) is 79.3 Å². The first-order valence-corrected chi connectivity index (χ1v) is 36.0. The average molecular weight is 1440 g/mol. The molecule has 8 aromatic rings. The standard InChI is InChI=1S/C21H32N6O2.C20H30N6O.C16H23N5O2.C15H21N5O.4CH4/c1-15(2)25-9-11-26(12-10-25)17-5-7-27(8-6-17)21-23-20(29-24-21)18-13-19(28-4)16(3)14-22-18;1-15(2)24-10-12-25(13-11-24)17-6-8-26(9-7-17)20-22-19(27-23-20)18-5-4-16(3)14-21-18;1-11(2)20-5-7-21(8-6-20)16-18-15(23-19-16)13-9-14(22-4)12(3)10-17-13;1-11(2)19-6-8-20(9-7-19)15-17-14(21-18-15)13-5-4-12(3)10-16-13;;;;/h13-15,17H,5-12H2,1-4H3;4-5,14-15,17H,6-13H2,1-3H3;9-11H,5-8H2,1-4H3;4-5,10-11H,6-9H2,1-3H3;4*1H4. The van der Waals surface area contributed by atoms with Crippen molar-refractivity contribution in [3.8, 4) is 57.8 Å². The number of piperidine rings is 2. The van der Waals surface area contributed by atoms with Crippen LogP contribution in [0.2, 0.25) is 0 Å². The van der Waals surface area contributed by atoms with Crippen molar-refractivity contribution in [3.63, 3.8) is 0 Å². The third-order valence-corrected chi connectivity index (χ3v) is 20.2. The van der Waals surface area contributed by atoms with E-state index >= 15 is 0 Å². The number of anilines is 4. The summed E-state index contributed by atoms with van der Waals surface area (Å²) in [6, 6.07) is 15.3. The van der Waals surface area contributed by atoms with Gasteiger partial charge >= 0.3 is 0 Å². The molecule has 0 N–H and O–H groups in total. The zero-order chi connectivity index (χ0) is 70.4. The number of hydrogen-bond acceptors (Lipinski definition) is 28. The lowest BCUT2D eigenvalue weighted by Crippen LogP contribution is -2.54. The number of aryl methyl sites for hydroxylation is 4. The lowest BCUT2D eigenvalue weighted by Gasteiger charge is -2.43. The Bertz CT molecular complexity index is 3750. The SMILES string of the molecule is C.C.C.C.COc1cc(-c2nc(N3CCC(N4CCN(C(C)C)CC4)CC3)no2)ncc1C.COc1cc(-c2nc(N3CCN(C(C)C)CC3)no2)ncc1C.Cc1ccc(-c2nc(N3CCC(N4CCN(C(C)C)CC4)CC3)no2)nc1.Cc1ccc(-c2nc(N3CCN(C(C)C)CC3)no2)nc1. The number of rotatable bonds is 16. The molecule has 0 radical (unpaired) electrons. The van der Waals surface area contributed by atoms with Crippen LogP contribution in [0.5, 0.6) is 11.5 Å². The molecule has 6 saturated heterocycles. The number of pyridine rings is 4. The molecule has 6 fully saturated rings. The van der Waals surface area contributed by atoms with E-state index in [2.05, 4.69) is 165 Å². The van der Waals surface area contributed by atoms with Crippen molar-refractivity contribution in [2.45, 2.75) is 175 Å². The van der Waals surface area contributed by atoms with Crippen molar-refractivity contribution < 1.29 is 27.6 Å². The summed E-state index contributed by atoms with van der Waals surface area (Å²) < 4.78 is 32.3. The Morgan fingerprint density at radius 1 is 0.337 bits per heavy atom. The van der Waals surface area contributed by atoms with Gasteiger partial charge in [0.1, 0.15) is 34.3 Å². The van der Waals surface area contributed by atoms with Gasteiger partial charge in [-0.1, -0.05) is 41.8 Å². The van der Waals surface area contributed by atoms with Crippen LogP contribution in [-0.2, 0) is 0 Å². The number of aromatic nitrogens is 12. The van der Waals surface area contributed by atoms with Gasteiger partial charge in [0.15, 0.2) is 0 Å². The number of nitrogens with zero attached hydrogens (tertiary/aromatic N) is 22. The summed E-state index contributed by atoms with van der Waals surface area (Å²) in [7, 11) is 3.29. The van der Waals surface area contributed by atoms with Crippen molar-refractivity contribution in [2.75, 3.05) is 165 Å². The maximum atomic E-state index is 5.48. The van der Waals surface area contributed by atoms with Gasteiger partial charge in [0.05, 0.1) is 14.2 Å². The summed E-state index contributed by atoms with van der Waals surface area (Å²) in [5, 5.41) is 16.6. The molecule has 0 saturated carbocycles. The molecule has 104 heavy (non-hydrogen) atoms. The number of methoxy groups -OCH3 is 2. The second kappa shape index (κ2) is 39.2. The van der Waals surface area contributed by atoms with Crippen LogP contribution in [0.1, 0.15) is 133 Å². The smallest absolute Gasteiger partial charge is 0.278 e. The van der Waals surface area contributed by atoms with E-state index in [9.17, 15) is 0 Å². The van der Waals surface area contributed by atoms with E-state index in [0.717, 1.165) is 149 Å². The molecule has 0 aliphatic carbocycles. The first kappa shape index (κ1) is 83.0. The van der Waals surface area contributed by atoms with Crippen molar-refractivity contribution in [1.29, 1.82) is 0 Å². The molecule has 0 atom stereocenters. The van der Waals surface area contributed by atoms with Crippen LogP contribution < -0.4 is 29.1 Å². The van der Waals surface area contributed by atoms with Gasteiger partial charge in [0.2, 0.25) is 0 Å². The summed E-state index contributed by atoms with van der Waals surface area (Å²) in [6.45, 7) is 47.1. The monoisotopic (exact) mass is 1440 g/mol. The summed E-state index contributed by atoms with van der Waals surface area (Å²) in [4.78, 5) is 59.7. The first-order valence-electron chi connectivity index (χ1n) is 36.0. The molecule has 28 heteroatoms. The molecule has 0 bridgehead atoms. The zero-order valence-electron chi connectivity index (χ0n) is 61.5. The first-order chi connectivity index (χ1) is 48.4. The molecule has 0 unspecified atom stereocenters. The van der Waals surface area contributed by atoms with E-state index in [-0.39, 0.29) is 29.7 Å². The summed E-state index contributed by atoms with van der Waals surface area (Å²) in [5.41, 5.74) is 6.92. The van der Waals surface area contributed by atoms with E-state index in [1.807, 2.05) is 70.3 Å². The summed E-state index contributed by atoms with van der Waals surface area (Å²) in [6.07, 6.45) is 11.7. The molecule has 6 aliphatic heterocycles. The van der Waals surface area contributed by atoms with Crippen LogP contribution >= 0.6 is 0 Å². The molecule has 0 spiro atoms. The van der Waals surface area contributed by atoms with Gasteiger partial charge in [-0.25, -0.2) is 0 Å². The van der Waals surface area contributed by atoms with E-state index in [4.69, 9.17) is 27.6 Å². The van der Waals surface area contributed by atoms with Crippen LogP contribution in [-0.4, -0.2) is 271 Å². The average Bonchev–Trinajstić information content (AvgIpc) is 1.68. The van der Waals surface area contributed by atoms with Gasteiger partial charge in [0, 0.05) is 215 Å². The quantitative estimate of drug-likeness (QED) is 0.0870. The molecular weight excluding hydrogens is 1320 g/mol. The summed E-state index contributed by atoms with van der Waals surface area (Å²) in [5.74, 6) is 6.01. The lowest BCUT2D eigenvalue weighted by atomic mass is 10.0. The van der Waals surface area contributed by atoms with Crippen molar-refractivity contribution >= 4 is 23.8 Å². The number of hydrogen-bond donors (Lipinski definition) is 0. The Balaban J connectivity index is 0.000000193. The maximum absolute atomic E-state index is 5.48. The van der Waals surface area contributed by atoms with Crippen LogP contribution in [0.4, 0.5) is 23.8 Å².